The van der Waals surface area contributed by atoms with Crippen LogP contribution in [0.5, 0.6) is 0 Å². The second-order valence-electron chi connectivity index (χ2n) is 7.07. The quantitative estimate of drug-likeness (QED) is 0.434. The molecule has 0 bridgehead atoms. The summed E-state index contributed by atoms with van der Waals surface area (Å²) in [5.74, 6) is -2.28. The number of carbonyl (C=O) groups excluding carboxylic acids is 3. The van der Waals surface area contributed by atoms with Crippen molar-refractivity contribution in [2.45, 2.75) is 26.3 Å². The summed E-state index contributed by atoms with van der Waals surface area (Å²) in [6, 6.07) is 12.4. The maximum absolute atomic E-state index is 12.9. The third kappa shape index (κ3) is 4.26. The first-order chi connectivity index (χ1) is 14.3. The largest absolute Gasteiger partial charge is 0.457 e. The van der Waals surface area contributed by atoms with Gasteiger partial charge in [-0.05, 0) is 37.4 Å². The monoisotopic (exact) mass is 423 g/mol. The molecule has 2 heterocycles. The zero-order valence-electron chi connectivity index (χ0n) is 16.6. The molecule has 0 aliphatic carbocycles. The van der Waals surface area contributed by atoms with Gasteiger partial charge in [-0.25, -0.2) is 0 Å². The van der Waals surface area contributed by atoms with Crippen LogP contribution in [0.1, 0.15) is 29.8 Å². The number of ketones is 1. The van der Waals surface area contributed by atoms with Gasteiger partial charge < -0.3 is 15.4 Å². The maximum Gasteiger partial charge on any atom is 0.312 e. The van der Waals surface area contributed by atoms with Crippen molar-refractivity contribution in [2.75, 3.05) is 11.5 Å². The molecule has 3 rings (SSSR count). The van der Waals surface area contributed by atoms with E-state index in [0.29, 0.717) is 5.69 Å². The topological polar surface area (TPSA) is 113 Å². The van der Waals surface area contributed by atoms with Gasteiger partial charge in [0.25, 0.3) is 0 Å². The molecule has 30 heavy (non-hydrogen) atoms. The van der Waals surface area contributed by atoms with Crippen LogP contribution in [-0.2, 0) is 19.1 Å². The minimum atomic E-state index is -0.765. The Bertz CT molecular complexity index is 1030. The number of allylic oxidation sites excluding steroid dienone is 1. The molecule has 0 radical (unpaired) electrons. The molecule has 1 aromatic carbocycles. The first-order valence-electron chi connectivity index (χ1n) is 9.32. The van der Waals surface area contributed by atoms with Crippen LogP contribution in [0.4, 0.5) is 5.69 Å². The summed E-state index contributed by atoms with van der Waals surface area (Å²) in [5, 5.41) is 10.9. The minimum absolute atomic E-state index is 0.0275. The summed E-state index contributed by atoms with van der Waals surface area (Å²) in [4.78, 5) is 40.3. The van der Waals surface area contributed by atoms with Crippen molar-refractivity contribution in [3.8, 4) is 6.07 Å². The Morgan fingerprint density at radius 3 is 2.57 bits per heavy atom. The number of ether oxygens (including phenoxy) is 1. The molecule has 2 unspecified atom stereocenters. The molecular formula is C22H21N3O4S. The summed E-state index contributed by atoms with van der Waals surface area (Å²) >= 11 is 1.45. The number of esters is 1. The molecule has 1 aliphatic heterocycles. The van der Waals surface area contributed by atoms with E-state index in [4.69, 9.17) is 15.7 Å². The number of aryl methyl sites for hydroxylation is 1. The Hall–Kier alpha value is -3.44. The van der Waals surface area contributed by atoms with Crippen LogP contribution in [0, 0.1) is 24.2 Å². The fourth-order valence-corrected chi connectivity index (χ4v) is 4.31. The van der Waals surface area contributed by atoms with Crippen molar-refractivity contribution in [1.29, 1.82) is 5.26 Å². The number of hydrogen-bond donors (Lipinski definition) is 1. The lowest BCUT2D eigenvalue weighted by Gasteiger charge is -2.27. The van der Waals surface area contributed by atoms with E-state index < -0.39 is 30.3 Å². The van der Waals surface area contributed by atoms with E-state index in [-0.39, 0.29) is 23.6 Å². The number of anilines is 1. The second kappa shape index (κ2) is 8.93. The van der Waals surface area contributed by atoms with Gasteiger partial charge in [-0.3, -0.25) is 14.4 Å². The number of hydrogen-bond acceptors (Lipinski definition) is 7. The van der Waals surface area contributed by atoms with E-state index in [1.807, 2.05) is 48.7 Å². The molecule has 1 aromatic heterocycles. The molecule has 1 saturated heterocycles. The van der Waals surface area contributed by atoms with E-state index in [0.717, 1.165) is 10.4 Å². The summed E-state index contributed by atoms with van der Waals surface area (Å²) in [6.45, 7) is 2.79. The molecule has 1 amide bonds. The van der Waals surface area contributed by atoms with E-state index in [1.165, 1.54) is 18.3 Å². The zero-order chi connectivity index (χ0) is 21.8. The highest BCUT2D eigenvalue weighted by molar-refractivity contribution is 7.10. The second-order valence-corrected chi connectivity index (χ2v) is 8.05. The van der Waals surface area contributed by atoms with Gasteiger partial charge in [0.15, 0.2) is 6.61 Å². The number of nitrogens with two attached hydrogens (primary N) is 1. The molecule has 154 valence electrons. The zero-order valence-corrected chi connectivity index (χ0v) is 17.4. The van der Waals surface area contributed by atoms with Gasteiger partial charge in [-0.15, -0.1) is 11.3 Å². The molecule has 8 heteroatoms. The van der Waals surface area contributed by atoms with Crippen molar-refractivity contribution in [3.63, 3.8) is 0 Å². The minimum Gasteiger partial charge on any atom is -0.457 e. The van der Waals surface area contributed by atoms with Crippen LogP contribution in [-0.4, -0.2) is 24.3 Å². The van der Waals surface area contributed by atoms with E-state index in [9.17, 15) is 14.4 Å². The van der Waals surface area contributed by atoms with Gasteiger partial charge in [-0.1, -0.05) is 23.8 Å². The van der Waals surface area contributed by atoms with Crippen molar-refractivity contribution in [2.24, 2.45) is 11.7 Å². The first kappa shape index (κ1) is 21.3. The maximum atomic E-state index is 12.9. The van der Waals surface area contributed by atoms with E-state index in [1.54, 1.807) is 11.0 Å². The lowest BCUT2D eigenvalue weighted by molar-refractivity contribution is -0.151. The molecule has 1 aliphatic rings. The highest BCUT2D eigenvalue weighted by atomic mass is 32.1. The molecule has 0 spiro atoms. The number of carbonyl (C=O) groups is 3. The van der Waals surface area contributed by atoms with E-state index in [2.05, 4.69) is 0 Å². The summed E-state index contributed by atoms with van der Waals surface area (Å²) in [5.41, 5.74) is 7.11. The Morgan fingerprint density at radius 2 is 2.00 bits per heavy atom. The normalized spacial score (nSPS) is 19.2. The summed E-state index contributed by atoms with van der Waals surface area (Å²) in [6.07, 6.45) is -0.0275. The van der Waals surface area contributed by atoms with Gasteiger partial charge in [0.2, 0.25) is 11.7 Å². The van der Waals surface area contributed by atoms with Crippen LogP contribution in [0.2, 0.25) is 0 Å². The third-order valence-corrected chi connectivity index (χ3v) is 5.85. The van der Waals surface area contributed by atoms with Gasteiger partial charge in [0.1, 0.15) is 11.6 Å². The highest BCUT2D eigenvalue weighted by Gasteiger charge is 2.46. The molecule has 0 saturated carbocycles. The predicted molar refractivity (Wildman–Crippen MR) is 112 cm³/mol. The summed E-state index contributed by atoms with van der Waals surface area (Å²) in [7, 11) is 0. The lowest BCUT2D eigenvalue weighted by atomic mass is 9.98. The fourth-order valence-electron chi connectivity index (χ4n) is 3.43. The standard InChI is InChI=1S/C22H21N3O4S/c1-13-5-7-15(8-6-13)25-20(27)10-16(21(25)19-4-3-9-30-19)22(28)29-12-18(26)17(11-23)14(2)24/h3-9,16,21H,10,12,24H2,1-2H3/b17-14+. The Morgan fingerprint density at radius 1 is 1.30 bits per heavy atom. The van der Waals surface area contributed by atoms with Gasteiger partial charge in [-0.2, -0.15) is 5.26 Å². The van der Waals surface area contributed by atoms with Crippen molar-refractivity contribution >= 4 is 34.7 Å². The van der Waals surface area contributed by atoms with Gasteiger partial charge in [0, 0.05) is 22.7 Å². The average Bonchev–Trinajstić information content (AvgIpc) is 3.34. The molecular weight excluding hydrogens is 402 g/mol. The van der Waals surface area contributed by atoms with Crippen LogP contribution >= 0.6 is 11.3 Å². The molecule has 2 N–H and O–H groups in total. The molecule has 7 nitrogen and oxygen atoms in total. The number of nitrogens with zero attached hydrogens (tertiary/aromatic N) is 2. The van der Waals surface area contributed by atoms with Gasteiger partial charge >= 0.3 is 5.97 Å². The number of amides is 1. The average molecular weight is 423 g/mol. The number of Topliss-reactive ketones (excluding diaryl/α,β-unsaturated/α-hetero) is 1. The molecule has 2 aromatic rings. The van der Waals surface area contributed by atoms with E-state index >= 15 is 0 Å². The smallest absolute Gasteiger partial charge is 0.312 e. The first-order valence-corrected chi connectivity index (χ1v) is 10.2. The number of nitriles is 1. The number of benzene rings is 1. The fraction of sp³-hybridized carbons (Fsp3) is 0.273. The lowest BCUT2D eigenvalue weighted by Crippen LogP contribution is -2.31. The third-order valence-electron chi connectivity index (χ3n) is 4.90. The Labute approximate surface area is 178 Å². The van der Waals surface area contributed by atoms with Crippen LogP contribution in [0.25, 0.3) is 0 Å². The SMILES string of the molecule is C/C(N)=C(/C#N)C(=O)COC(=O)C1CC(=O)N(c2ccc(C)cc2)C1c1cccs1. The van der Waals surface area contributed by atoms with Crippen LogP contribution in [0.15, 0.2) is 53.0 Å². The highest BCUT2D eigenvalue weighted by Crippen LogP contribution is 2.43. The van der Waals surface area contributed by atoms with Gasteiger partial charge in [0.05, 0.1) is 12.0 Å². The van der Waals surface area contributed by atoms with Crippen molar-refractivity contribution in [3.05, 3.63) is 63.5 Å². The number of rotatable bonds is 6. The van der Waals surface area contributed by atoms with Crippen molar-refractivity contribution in [1.82, 2.24) is 0 Å². The van der Waals surface area contributed by atoms with Crippen LogP contribution in [0.3, 0.4) is 0 Å². The summed E-state index contributed by atoms with van der Waals surface area (Å²) < 4.78 is 5.20. The Balaban J connectivity index is 1.85. The molecule has 1 fully saturated rings. The van der Waals surface area contributed by atoms with Crippen LogP contribution < -0.4 is 10.6 Å². The Kier molecular flexibility index (Phi) is 6.33. The molecule has 2 atom stereocenters. The number of thiophene rings is 1. The van der Waals surface area contributed by atoms with Crippen molar-refractivity contribution < 1.29 is 19.1 Å². The predicted octanol–water partition coefficient (Wildman–Crippen LogP) is 3.02.